The predicted molar refractivity (Wildman–Crippen MR) is 110 cm³/mol. The Morgan fingerprint density at radius 3 is 2.44 bits per heavy atom. The van der Waals surface area contributed by atoms with Crippen LogP contribution in [0, 0.1) is 13.8 Å². The molecule has 1 unspecified atom stereocenters. The number of hydrogen-bond donors (Lipinski definition) is 0. The molecule has 5 rings (SSSR count). The monoisotopic (exact) mass is 358 g/mol. The Morgan fingerprint density at radius 2 is 1.67 bits per heavy atom. The average molecular weight is 359 g/mol. The first-order valence-corrected chi connectivity index (χ1v) is 10.4. The van der Waals surface area contributed by atoms with Crippen LogP contribution in [0.15, 0.2) is 48.5 Å². The molecule has 1 fully saturated rings. The van der Waals surface area contributed by atoms with E-state index in [0.29, 0.717) is 5.92 Å². The molecule has 27 heavy (non-hydrogen) atoms. The molecule has 0 amide bonds. The summed E-state index contributed by atoms with van der Waals surface area (Å²) in [5.74, 6) is 1.20. The summed E-state index contributed by atoms with van der Waals surface area (Å²) in [6.45, 7) is 6.47. The molecule has 1 aliphatic carbocycles. The largest absolute Gasteiger partial charge is 0.270 e. The van der Waals surface area contributed by atoms with Crippen LogP contribution in [0.5, 0.6) is 0 Å². The lowest BCUT2D eigenvalue weighted by atomic mass is 9.88. The van der Waals surface area contributed by atoms with Crippen LogP contribution >= 0.6 is 0 Å². The lowest BCUT2D eigenvalue weighted by Gasteiger charge is -2.20. The molecule has 2 aromatic carbocycles. The number of fused-ring (bicyclic) bond motifs is 3. The molecule has 0 radical (unpaired) electrons. The number of aromatic nitrogens is 2. The summed E-state index contributed by atoms with van der Waals surface area (Å²) >= 11 is 0. The number of aryl methyl sites for hydroxylation is 1. The van der Waals surface area contributed by atoms with E-state index in [1.807, 2.05) is 0 Å². The van der Waals surface area contributed by atoms with Crippen molar-refractivity contribution >= 4 is 0 Å². The number of rotatable bonds is 2. The molecule has 2 heterocycles. The van der Waals surface area contributed by atoms with Gasteiger partial charge in [0, 0.05) is 13.9 Å². The molecular weight excluding hydrogens is 328 g/mol. The van der Waals surface area contributed by atoms with Crippen molar-refractivity contribution in [2.45, 2.75) is 64.7 Å². The second-order valence-corrected chi connectivity index (χ2v) is 8.23. The molecule has 0 bridgehead atoms. The van der Waals surface area contributed by atoms with E-state index >= 15 is 0 Å². The maximum atomic E-state index is 9.30. The minimum atomic E-state index is -0.724. The third-order valence-corrected chi connectivity index (χ3v) is 6.59. The van der Waals surface area contributed by atoms with Gasteiger partial charge in [-0.1, -0.05) is 62.6 Å². The maximum absolute atomic E-state index is 9.30. The highest BCUT2D eigenvalue weighted by Crippen LogP contribution is 2.43. The zero-order valence-electron chi connectivity index (χ0n) is 17.6. The molecule has 138 valence electrons. The van der Waals surface area contributed by atoms with Crippen molar-refractivity contribution in [2.75, 3.05) is 0 Å². The minimum absolute atomic E-state index is 0.544. The van der Waals surface area contributed by atoms with Crippen LogP contribution in [-0.4, -0.2) is 4.57 Å². The predicted octanol–water partition coefficient (Wildman–Crippen LogP) is 5.88. The Balaban J connectivity index is 1.87. The zero-order chi connectivity index (χ0) is 19.5. The van der Waals surface area contributed by atoms with Gasteiger partial charge in [-0.05, 0) is 37.5 Å². The normalized spacial score (nSPS) is 22.4. The first-order chi connectivity index (χ1) is 13.5. The Morgan fingerprint density at radius 1 is 0.963 bits per heavy atom. The number of imidazole rings is 1. The van der Waals surface area contributed by atoms with E-state index in [-0.39, 0.29) is 0 Å². The summed E-state index contributed by atoms with van der Waals surface area (Å²) in [7, 11) is 0. The van der Waals surface area contributed by atoms with Crippen LogP contribution in [0.2, 0.25) is 0 Å². The van der Waals surface area contributed by atoms with Crippen LogP contribution < -0.4 is 4.57 Å². The summed E-state index contributed by atoms with van der Waals surface area (Å²) in [4.78, 5) is 0. The molecule has 3 aromatic rings. The fourth-order valence-corrected chi connectivity index (χ4v) is 5.29. The molecule has 0 N–H and O–H groups in total. The van der Waals surface area contributed by atoms with E-state index < -0.39 is 5.89 Å². The van der Waals surface area contributed by atoms with Crippen molar-refractivity contribution in [3.63, 3.8) is 0 Å². The van der Waals surface area contributed by atoms with Gasteiger partial charge in [-0.2, -0.15) is 9.13 Å². The van der Waals surface area contributed by atoms with Gasteiger partial charge in [0.05, 0.1) is 11.8 Å². The second-order valence-electron chi connectivity index (χ2n) is 8.23. The minimum Gasteiger partial charge on any atom is -0.196 e. The van der Waals surface area contributed by atoms with Crippen molar-refractivity contribution < 1.29 is 5.94 Å². The topological polar surface area (TPSA) is 8.81 Å². The van der Waals surface area contributed by atoms with Gasteiger partial charge in [-0.25, -0.2) is 0 Å². The number of para-hydroxylation sites is 2. The van der Waals surface area contributed by atoms with Gasteiger partial charge in [0.1, 0.15) is 17.1 Å². The number of benzene rings is 2. The van der Waals surface area contributed by atoms with Crippen molar-refractivity contribution in [3.05, 3.63) is 76.9 Å². The van der Waals surface area contributed by atoms with Crippen molar-refractivity contribution in [1.29, 1.82) is 0 Å². The van der Waals surface area contributed by atoms with Crippen LogP contribution in [0.1, 0.15) is 80.5 Å². The van der Waals surface area contributed by atoms with Gasteiger partial charge in [-0.15, -0.1) is 0 Å². The molecular formula is C25H29N2+. The van der Waals surface area contributed by atoms with Crippen LogP contribution in [-0.2, 0) is 0 Å². The van der Waals surface area contributed by atoms with Gasteiger partial charge in [0.15, 0.2) is 5.69 Å². The summed E-state index contributed by atoms with van der Waals surface area (Å²) in [5.41, 5.74) is 7.22. The lowest BCUT2D eigenvalue weighted by Crippen LogP contribution is -2.40. The Kier molecular flexibility index (Phi) is 3.70. The molecule has 2 nitrogen and oxygen atoms in total. The van der Waals surface area contributed by atoms with Gasteiger partial charge in [0.25, 0.3) is 5.82 Å². The highest BCUT2D eigenvalue weighted by Gasteiger charge is 2.43. The van der Waals surface area contributed by atoms with E-state index in [9.17, 15) is 1.37 Å². The van der Waals surface area contributed by atoms with E-state index in [0.717, 1.165) is 11.3 Å². The average Bonchev–Trinajstić information content (AvgIpc) is 3.14. The van der Waals surface area contributed by atoms with Gasteiger partial charge in [-0.3, -0.25) is 0 Å². The standard InChI is InChI=1S/C25H29N2/c1-17-11-7-9-15-22(17)26-19(3)24-18(2)21-14-8-10-16-23(21)27(24)25(26)20-12-5-4-6-13-20/h7-11,14-16,18,20H,4-6,12-13H2,1-3H3/q+1/i18D. The highest BCUT2D eigenvalue weighted by molar-refractivity contribution is 5.55. The summed E-state index contributed by atoms with van der Waals surface area (Å²) in [5, 5.41) is 0. The molecule has 0 spiro atoms. The first kappa shape index (κ1) is 15.7. The fraction of sp³-hybridized carbons (Fsp3) is 0.400. The van der Waals surface area contributed by atoms with Crippen LogP contribution in [0.25, 0.3) is 11.4 Å². The molecule has 0 saturated heterocycles. The van der Waals surface area contributed by atoms with Gasteiger partial charge >= 0.3 is 0 Å². The zero-order valence-corrected chi connectivity index (χ0v) is 16.6. The Labute approximate surface area is 163 Å². The van der Waals surface area contributed by atoms with E-state index in [1.165, 1.54) is 60.6 Å². The van der Waals surface area contributed by atoms with Crippen LogP contribution in [0.4, 0.5) is 0 Å². The highest BCUT2D eigenvalue weighted by atomic mass is 15.2. The second kappa shape index (κ2) is 6.37. The molecule has 1 aromatic heterocycles. The summed E-state index contributed by atoms with van der Waals surface area (Å²) < 4.78 is 14.2. The molecule has 1 atom stereocenters. The van der Waals surface area contributed by atoms with E-state index in [4.69, 9.17) is 0 Å². The van der Waals surface area contributed by atoms with Gasteiger partial charge in [0.2, 0.25) is 0 Å². The lowest BCUT2D eigenvalue weighted by molar-refractivity contribution is -0.613. The summed E-state index contributed by atoms with van der Waals surface area (Å²) in [6.07, 6.45) is 6.44. The van der Waals surface area contributed by atoms with E-state index in [2.05, 4.69) is 78.4 Å². The van der Waals surface area contributed by atoms with Crippen molar-refractivity contribution in [1.82, 2.24) is 4.57 Å². The van der Waals surface area contributed by atoms with Crippen molar-refractivity contribution in [2.24, 2.45) is 0 Å². The summed E-state index contributed by atoms with van der Waals surface area (Å²) in [6, 6.07) is 17.2. The Hall–Kier alpha value is -2.35. The van der Waals surface area contributed by atoms with E-state index in [1.54, 1.807) is 0 Å². The number of nitrogens with zero attached hydrogens (tertiary/aromatic N) is 2. The van der Waals surface area contributed by atoms with Crippen molar-refractivity contribution in [3.8, 4) is 11.4 Å². The third kappa shape index (κ3) is 2.42. The SMILES string of the molecule is [2H]C1(C)c2ccccc2-n2c1c(C)[n+](-c1ccccc1C)c2C1CCCCC1. The maximum Gasteiger partial charge on any atom is 0.270 e. The fourth-order valence-electron chi connectivity index (χ4n) is 5.29. The number of hydrogen-bond acceptors (Lipinski definition) is 0. The molecule has 2 aliphatic rings. The molecule has 1 saturated carbocycles. The quantitative estimate of drug-likeness (QED) is 0.506. The first-order valence-electron chi connectivity index (χ1n) is 10.9. The van der Waals surface area contributed by atoms with Crippen LogP contribution in [0.3, 0.4) is 0 Å². The smallest absolute Gasteiger partial charge is 0.196 e. The Bertz CT molecular complexity index is 1050. The van der Waals surface area contributed by atoms with Gasteiger partial charge < -0.3 is 0 Å². The third-order valence-electron chi connectivity index (χ3n) is 6.59. The molecule has 1 aliphatic heterocycles. The molecule has 2 heteroatoms.